The van der Waals surface area contributed by atoms with Crippen molar-refractivity contribution in [3.8, 4) is 5.75 Å². The second kappa shape index (κ2) is 6.95. The molecule has 23 heavy (non-hydrogen) atoms. The summed E-state index contributed by atoms with van der Waals surface area (Å²) in [6, 6.07) is 4.70. The van der Waals surface area contributed by atoms with Crippen LogP contribution in [-0.4, -0.2) is 38.0 Å². The van der Waals surface area contributed by atoms with E-state index in [1.165, 1.54) is 13.2 Å². The van der Waals surface area contributed by atoms with E-state index in [1.807, 2.05) is 22.8 Å². The summed E-state index contributed by atoms with van der Waals surface area (Å²) in [5, 5.41) is 4.08. The number of carbonyl (C=O) groups is 3. The van der Waals surface area contributed by atoms with Gasteiger partial charge in [0, 0.05) is 30.4 Å². The van der Waals surface area contributed by atoms with Crippen molar-refractivity contribution in [1.82, 2.24) is 10.6 Å². The number of anilines is 1. The van der Waals surface area contributed by atoms with Crippen molar-refractivity contribution in [3.63, 3.8) is 0 Å². The van der Waals surface area contributed by atoms with Gasteiger partial charge in [-0.05, 0) is 32.1 Å². The van der Waals surface area contributed by atoms with Crippen LogP contribution in [0.5, 0.6) is 5.75 Å². The van der Waals surface area contributed by atoms with Crippen LogP contribution in [0.2, 0.25) is 0 Å². The van der Waals surface area contributed by atoms with Crippen molar-refractivity contribution in [2.45, 2.75) is 13.8 Å². The highest BCUT2D eigenvalue weighted by Gasteiger charge is 2.28. The number of imide groups is 2. The summed E-state index contributed by atoms with van der Waals surface area (Å²) >= 11 is 0. The number of nitrogens with one attached hydrogen (secondary N) is 2. The molecule has 7 heteroatoms. The zero-order valence-electron chi connectivity index (χ0n) is 13.3. The first-order chi connectivity index (χ1) is 11.0. The molecule has 122 valence electrons. The molecule has 0 unspecified atom stereocenters. The van der Waals surface area contributed by atoms with Crippen LogP contribution in [0.1, 0.15) is 19.4 Å². The summed E-state index contributed by atoms with van der Waals surface area (Å²) in [7, 11) is 1.52. The van der Waals surface area contributed by atoms with Gasteiger partial charge in [0.25, 0.3) is 11.8 Å². The number of benzene rings is 1. The zero-order chi connectivity index (χ0) is 17.0. The molecule has 1 aliphatic heterocycles. The molecule has 1 aromatic rings. The second-order valence-corrected chi connectivity index (χ2v) is 4.89. The Morgan fingerprint density at radius 1 is 1.09 bits per heavy atom. The van der Waals surface area contributed by atoms with E-state index in [-0.39, 0.29) is 5.57 Å². The highest BCUT2D eigenvalue weighted by molar-refractivity contribution is 6.31. The SMILES string of the molecule is CCN(CC)c1ccc(C=C2C(=O)NC(=O)NC2=O)c(OC)c1. The van der Waals surface area contributed by atoms with Gasteiger partial charge in [-0.2, -0.15) is 0 Å². The molecule has 1 aromatic carbocycles. The first kappa shape index (κ1) is 16.5. The van der Waals surface area contributed by atoms with Gasteiger partial charge in [-0.25, -0.2) is 4.79 Å². The van der Waals surface area contributed by atoms with E-state index < -0.39 is 17.8 Å². The topological polar surface area (TPSA) is 87.7 Å². The number of hydrogen-bond donors (Lipinski definition) is 2. The Bertz CT molecular complexity index is 656. The number of carbonyl (C=O) groups excluding carboxylic acids is 3. The average molecular weight is 317 g/mol. The standard InChI is InChI=1S/C16H19N3O4/c1-4-19(5-2)11-7-6-10(13(9-11)23-3)8-12-14(20)17-16(22)18-15(12)21/h6-9H,4-5H2,1-3H3,(H2,17,18,20,21,22). The highest BCUT2D eigenvalue weighted by Crippen LogP contribution is 2.27. The minimum absolute atomic E-state index is 0.140. The molecule has 0 aliphatic carbocycles. The third kappa shape index (κ3) is 3.50. The lowest BCUT2D eigenvalue weighted by molar-refractivity contribution is -0.123. The van der Waals surface area contributed by atoms with Crippen molar-refractivity contribution in [1.29, 1.82) is 0 Å². The highest BCUT2D eigenvalue weighted by atomic mass is 16.5. The Morgan fingerprint density at radius 2 is 1.70 bits per heavy atom. The Morgan fingerprint density at radius 3 is 2.22 bits per heavy atom. The third-order valence-electron chi connectivity index (χ3n) is 3.59. The van der Waals surface area contributed by atoms with Gasteiger partial charge >= 0.3 is 6.03 Å². The summed E-state index contributed by atoms with van der Waals surface area (Å²) in [6.07, 6.45) is 1.40. The van der Waals surface area contributed by atoms with Gasteiger partial charge in [-0.3, -0.25) is 20.2 Å². The molecule has 4 amide bonds. The van der Waals surface area contributed by atoms with E-state index in [4.69, 9.17) is 4.74 Å². The molecular formula is C16H19N3O4. The van der Waals surface area contributed by atoms with Gasteiger partial charge < -0.3 is 9.64 Å². The van der Waals surface area contributed by atoms with Crippen molar-refractivity contribution in [2.75, 3.05) is 25.1 Å². The molecule has 0 atom stereocenters. The first-order valence-corrected chi connectivity index (χ1v) is 7.31. The van der Waals surface area contributed by atoms with E-state index in [2.05, 4.69) is 18.7 Å². The van der Waals surface area contributed by atoms with Crippen molar-refractivity contribution >= 4 is 29.6 Å². The van der Waals surface area contributed by atoms with Crippen molar-refractivity contribution in [3.05, 3.63) is 29.3 Å². The zero-order valence-corrected chi connectivity index (χ0v) is 13.3. The summed E-state index contributed by atoms with van der Waals surface area (Å²) in [4.78, 5) is 36.8. The molecule has 7 nitrogen and oxygen atoms in total. The molecule has 0 bridgehead atoms. The normalized spacial score (nSPS) is 14.2. The lowest BCUT2D eigenvalue weighted by Gasteiger charge is -2.22. The van der Waals surface area contributed by atoms with Crippen LogP contribution < -0.4 is 20.3 Å². The van der Waals surface area contributed by atoms with Crippen LogP contribution in [0, 0.1) is 0 Å². The van der Waals surface area contributed by atoms with Crippen molar-refractivity contribution < 1.29 is 19.1 Å². The number of urea groups is 1. The summed E-state index contributed by atoms with van der Waals surface area (Å²) in [5.41, 5.74) is 1.43. The monoisotopic (exact) mass is 317 g/mol. The lowest BCUT2D eigenvalue weighted by atomic mass is 10.1. The van der Waals surface area contributed by atoms with E-state index in [1.54, 1.807) is 6.07 Å². The number of ether oxygens (including phenoxy) is 1. The van der Waals surface area contributed by atoms with Gasteiger partial charge in [0.15, 0.2) is 0 Å². The van der Waals surface area contributed by atoms with Gasteiger partial charge in [0.05, 0.1) is 7.11 Å². The lowest BCUT2D eigenvalue weighted by Crippen LogP contribution is -2.51. The van der Waals surface area contributed by atoms with E-state index >= 15 is 0 Å². The molecule has 2 N–H and O–H groups in total. The molecule has 1 heterocycles. The maximum Gasteiger partial charge on any atom is 0.328 e. The number of barbiturate groups is 1. The molecule has 0 saturated carbocycles. The number of nitrogens with zero attached hydrogens (tertiary/aromatic N) is 1. The van der Waals surface area contributed by atoms with Crippen LogP contribution in [-0.2, 0) is 9.59 Å². The average Bonchev–Trinajstić information content (AvgIpc) is 2.52. The first-order valence-electron chi connectivity index (χ1n) is 7.31. The smallest absolute Gasteiger partial charge is 0.328 e. The Balaban J connectivity index is 2.40. The second-order valence-electron chi connectivity index (χ2n) is 4.89. The summed E-state index contributed by atoms with van der Waals surface area (Å²) < 4.78 is 5.36. The van der Waals surface area contributed by atoms with Gasteiger partial charge in [0.2, 0.25) is 0 Å². The fraction of sp³-hybridized carbons (Fsp3) is 0.312. The third-order valence-corrected chi connectivity index (χ3v) is 3.59. The largest absolute Gasteiger partial charge is 0.496 e. The Kier molecular flexibility index (Phi) is 5.00. The van der Waals surface area contributed by atoms with Gasteiger partial charge in [-0.15, -0.1) is 0 Å². The summed E-state index contributed by atoms with van der Waals surface area (Å²) in [5.74, 6) is -0.915. The van der Waals surface area contributed by atoms with E-state index in [0.717, 1.165) is 18.8 Å². The quantitative estimate of drug-likeness (QED) is 0.631. The van der Waals surface area contributed by atoms with Crippen LogP contribution in [0.15, 0.2) is 23.8 Å². The minimum Gasteiger partial charge on any atom is -0.496 e. The molecular weight excluding hydrogens is 298 g/mol. The predicted octanol–water partition coefficient (Wildman–Crippen LogP) is 1.29. The van der Waals surface area contributed by atoms with Crippen LogP contribution in [0.3, 0.4) is 0 Å². The fourth-order valence-corrected chi connectivity index (χ4v) is 2.37. The number of hydrogen-bond acceptors (Lipinski definition) is 5. The molecule has 1 aliphatic rings. The molecule has 0 aromatic heterocycles. The molecule has 2 rings (SSSR count). The maximum atomic E-state index is 11.8. The maximum absolute atomic E-state index is 11.8. The number of amides is 4. The predicted molar refractivity (Wildman–Crippen MR) is 86.2 cm³/mol. The number of rotatable bonds is 5. The number of methoxy groups -OCH3 is 1. The van der Waals surface area contributed by atoms with Crippen LogP contribution in [0.4, 0.5) is 10.5 Å². The Hall–Kier alpha value is -2.83. The minimum atomic E-state index is -0.819. The van der Waals surface area contributed by atoms with Crippen LogP contribution in [0.25, 0.3) is 6.08 Å². The van der Waals surface area contributed by atoms with Gasteiger partial charge in [-0.1, -0.05) is 0 Å². The molecule has 1 saturated heterocycles. The van der Waals surface area contributed by atoms with E-state index in [9.17, 15) is 14.4 Å². The molecule has 0 spiro atoms. The van der Waals surface area contributed by atoms with Crippen molar-refractivity contribution in [2.24, 2.45) is 0 Å². The van der Waals surface area contributed by atoms with E-state index in [0.29, 0.717) is 11.3 Å². The molecule has 1 fully saturated rings. The fourth-order valence-electron chi connectivity index (χ4n) is 2.37. The summed E-state index contributed by atoms with van der Waals surface area (Å²) in [6.45, 7) is 5.82. The molecule has 0 radical (unpaired) electrons. The Labute approximate surface area is 134 Å². The van der Waals surface area contributed by atoms with Crippen LogP contribution >= 0.6 is 0 Å². The van der Waals surface area contributed by atoms with Gasteiger partial charge in [0.1, 0.15) is 11.3 Å².